The van der Waals surface area contributed by atoms with Gasteiger partial charge in [-0.15, -0.1) is 0 Å². The molecule has 3 rings (SSSR count). The Morgan fingerprint density at radius 1 is 0.905 bits per heavy atom. The molecule has 1 saturated heterocycles. The summed E-state index contributed by atoms with van der Waals surface area (Å²) in [5, 5.41) is 5.03. The molecule has 2 nitrogen and oxygen atoms in total. The van der Waals surface area contributed by atoms with E-state index in [9.17, 15) is 0 Å². The number of hydrogen-bond donors (Lipinski definition) is 1. The van der Waals surface area contributed by atoms with E-state index in [1.807, 2.05) is 30.3 Å². The second-order valence-corrected chi connectivity index (χ2v) is 6.17. The van der Waals surface area contributed by atoms with Crippen molar-refractivity contribution in [3.8, 4) is 11.1 Å². The lowest BCUT2D eigenvalue weighted by Gasteiger charge is -2.32. The first kappa shape index (κ1) is 15.0. The zero-order chi connectivity index (χ0) is 14.8. The van der Waals surface area contributed by atoms with Gasteiger partial charge in [0.05, 0.1) is 20.8 Å². The maximum atomic E-state index is 6.49. The van der Waals surface area contributed by atoms with Crippen LogP contribution < -0.4 is 10.2 Å². The molecule has 5 heteroatoms. The van der Waals surface area contributed by atoms with E-state index in [0.29, 0.717) is 15.1 Å². The lowest BCUT2D eigenvalue weighted by molar-refractivity contribution is 0.589. The molecule has 2 aromatic carbocycles. The summed E-state index contributed by atoms with van der Waals surface area (Å²) in [4.78, 5) is 2.27. The van der Waals surface area contributed by atoms with E-state index in [-0.39, 0.29) is 0 Å². The van der Waals surface area contributed by atoms with Crippen LogP contribution in [0.2, 0.25) is 15.1 Å². The van der Waals surface area contributed by atoms with Crippen LogP contribution in [0, 0.1) is 0 Å². The number of halogens is 3. The topological polar surface area (TPSA) is 15.3 Å². The van der Waals surface area contributed by atoms with Crippen LogP contribution in [0.1, 0.15) is 0 Å². The minimum atomic E-state index is 0.486. The van der Waals surface area contributed by atoms with E-state index in [1.165, 1.54) is 0 Å². The van der Waals surface area contributed by atoms with Gasteiger partial charge < -0.3 is 10.2 Å². The monoisotopic (exact) mass is 340 g/mol. The summed E-state index contributed by atoms with van der Waals surface area (Å²) in [7, 11) is 0. The molecular weight excluding hydrogens is 327 g/mol. The van der Waals surface area contributed by atoms with E-state index in [1.54, 1.807) is 6.07 Å². The smallest absolute Gasteiger partial charge is 0.0692 e. The second-order valence-electron chi connectivity index (χ2n) is 4.98. The molecule has 1 fully saturated rings. The first-order valence-electron chi connectivity index (χ1n) is 6.87. The standard InChI is InChI=1S/C16H15Cl3N2/c17-12-10-13(18)16(21-8-6-20-7-9-21)14(15(12)19)11-4-2-1-3-5-11/h1-5,10,20H,6-9H2. The van der Waals surface area contributed by atoms with E-state index in [0.717, 1.165) is 43.0 Å². The third kappa shape index (κ3) is 3.00. The highest BCUT2D eigenvalue weighted by molar-refractivity contribution is 6.46. The number of rotatable bonds is 2. The van der Waals surface area contributed by atoms with Crippen molar-refractivity contribution in [1.82, 2.24) is 5.32 Å². The fourth-order valence-corrected chi connectivity index (χ4v) is 3.49. The first-order chi connectivity index (χ1) is 10.2. The molecule has 0 saturated carbocycles. The molecule has 0 amide bonds. The van der Waals surface area contributed by atoms with E-state index < -0.39 is 0 Å². The fraction of sp³-hybridized carbons (Fsp3) is 0.250. The Labute approximate surface area is 139 Å². The van der Waals surface area contributed by atoms with Crippen LogP contribution >= 0.6 is 34.8 Å². The third-order valence-electron chi connectivity index (χ3n) is 3.64. The van der Waals surface area contributed by atoms with Crippen molar-refractivity contribution in [2.24, 2.45) is 0 Å². The number of benzene rings is 2. The molecule has 1 aliphatic heterocycles. The summed E-state index contributed by atoms with van der Waals surface area (Å²) in [5.74, 6) is 0. The predicted molar refractivity (Wildman–Crippen MR) is 92.0 cm³/mol. The molecule has 0 unspecified atom stereocenters. The van der Waals surface area contributed by atoms with Gasteiger partial charge in [0, 0.05) is 31.7 Å². The van der Waals surface area contributed by atoms with Crippen LogP contribution in [0.15, 0.2) is 36.4 Å². The van der Waals surface area contributed by atoms with Crippen molar-refractivity contribution in [2.45, 2.75) is 0 Å². The van der Waals surface area contributed by atoms with Gasteiger partial charge in [0.15, 0.2) is 0 Å². The molecule has 110 valence electrons. The van der Waals surface area contributed by atoms with Gasteiger partial charge in [0.1, 0.15) is 0 Å². The van der Waals surface area contributed by atoms with Gasteiger partial charge in [-0.3, -0.25) is 0 Å². The highest BCUT2D eigenvalue weighted by Gasteiger charge is 2.22. The molecule has 2 aromatic rings. The van der Waals surface area contributed by atoms with Gasteiger partial charge in [-0.05, 0) is 11.6 Å². The summed E-state index contributed by atoms with van der Waals surface area (Å²) < 4.78 is 0. The first-order valence-corrected chi connectivity index (χ1v) is 8.00. The molecule has 1 N–H and O–H groups in total. The third-order valence-corrected chi connectivity index (χ3v) is 4.72. The summed E-state index contributed by atoms with van der Waals surface area (Å²) >= 11 is 19.2. The molecule has 1 heterocycles. The second kappa shape index (κ2) is 6.45. The minimum Gasteiger partial charge on any atom is -0.367 e. The summed E-state index contributed by atoms with van der Waals surface area (Å²) in [6.45, 7) is 3.67. The van der Waals surface area contributed by atoms with Crippen molar-refractivity contribution in [2.75, 3.05) is 31.1 Å². The quantitative estimate of drug-likeness (QED) is 0.795. The lowest BCUT2D eigenvalue weighted by Crippen LogP contribution is -2.43. The van der Waals surface area contributed by atoms with Crippen molar-refractivity contribution in [3.63, 3.8) is 0 Å². The Morgan fingerprint density at radius 2 is 1.57 bits per heavy atom. The highest BCUT2D eigenvalue weighted by Crippen LogP contribution is 2.45. The molecule has 0 aliphatic carbocycles. The normalized spacial score (nSPS) is 15.3. The van der Waals surface area contributed by atoms with E-state index in [4.69, 9.17) is 34.8 Å². The van der Waals surface area contributed by atoms with E-state index in [2.05, 4.69) is 10.2 Å². The zero-order valence-corrected chi connectivity index (χ0v) is 13.6. The molecule has 0 aromatic heterocycles. The van der Waals surface area contributed by atoms with Gasteiger partial charge >= 0.3 is 0 Å². The molecule has 0 bridgehead atoms. The Bertz CT molecular complexity index is 638. The van der Waals surface area contributed by atoms with Gasteiger partial charge in [-0.25, -0.2) is 0 Å². The molecule has 0 radical (unpaired) electrons. The Hall–Kier alpha value is -0.930. The Balaban J connectivity index is 2.20. The molecule has 21 heavy (non-hydrogen) atoms. The van der Waals surface area contributed by atoms with Crippen molar-refractivity contribution >= 4 is 40.5 Å². The predicted octanol–water partition coefficient (Wildman–Crippen LogP) is 4.72. The number of hydrogen-bond acceptors (Lipinski definition) is 2. The van der Waals surface area contributed by atoms with Gasteiger partial charge in [0.25, 0.3) is 0 Å². The Kier molecular flexibility index (Phi) is 4.60. The lowest BCUT2D eigenvalue weighted by atomic mass is 10.0. The van der Waals surface area contributed by atoms with Gasteiger partial charge in [-0.1, -0.05) is 65.1 Å². The van der Waals surface area contributed by atoms with Crippen LogP contribution in [-0.4, -0.2) is 26.2 Å². The van der Waals surface area contributed by atoms with Crippen LogP contribution in [0.25, 0.3) is 11.1 Å². The number of anilines is 1. The summed E-state index contributed by atoms with van der Waals surface area (Å²) in [6.07, 6.45) is 0. The van der Waals surface area contributed by atoms with Crippen LogP contribution in [-0.2, 0) is 0 Å². The summed E-state index contributed by atoms with van der Waals surface area (Å²) in [5.41, 5.74) is 2.91. The average molecular weight is 342 g/mol. The SMILES string of the molecule is Clc1cc(Cl)c(N2CCNCC2)c(-c2ccccc2)c1Cl. The minimum absolute atomic E-state index is 0.486. The molecular formula is C16H15Cl3N2. The van der Waals surface area contributed by atoms with Gasteiger partial charge in [0.2, 0.25) is 0 Å². The maximum absolute atomic E-state index is 6.49. The van der Waals surface area contributed by atoms with Crippen LogP contribution in [0.4, 0.5) is 5.69 Å². The molecule has 0 atom stereocenters. The van der Waals surface area contributed by atoms with Gasteiger partial charge in [-0.2, -0.15) is 0 Å². The highest BCUT2D eigenvalue weighted by atomic mass is 35.5. The fourth-order valence-electron chi connectivity index (χ4n) is 2.65. The number of nitrogens with one attached hydrogen (secondary N) is 1. The van der Waals surface area contributed by atoms with Crippen molar-refractivity contribution in [1.29, 1.82) is 0 Å². The number of piperazine rings is 1. The molecule has 0 spiro atoms. The molecule has 1 aliphatic rings. The number of nitrogens with zero attached hydrogens (tertiary/aromatic N) is 1. The van der Waals surface area contributed by atoms with Crippen molar-refractivity contribution < 1.29 is 0 Å². The zero-order valence-electron chi connectivity index (χ0n) is 11.4. The van der Waals surface area contributed by atoms with Crippen LogP contribution in [0.5, 0.6) is 0 Å². The van der Waals surface area contributed by atoms with Crippen LogP contribution in [0.3, 0.4) is 0 Å². The average Bonchev–Trinajstić information content (AvgIpc) is 2.52. The van der Waals surface area contributed by atoms with E-state index >= 15 is 0 Å². The maximum Gasteiger partial charge on any atom is 0.0692 e. The Morgan fingerprint density at radius 3 is 2.24 bits per heavy atom. The summed E-state index contributed by atoms with van der Waals surface area (Å²) in [6, 6.07) is 11.7. The largest absolute Gasteiger partial charge is 0.367 e. The van der Waals surface area contributed by atoms with Crippen molar-refractivity contribution in [3.05, 3.63) is 51.5 Å².